The Morgan fingerprint density at radius 1 is 1.06 bits per heavy atom. The number of benzene rings is 2. The molecule has 2 nitrogen and oxygen atoms in total. The molecule has 0 N–H and O–H groups in total. The van der Waals surface area contributed by atoms with Gasteiger partial charge in [0.15, 0.2) is 11.5 Å². The molecule has 0 saturated heterocycles. The third kappa shape index (κ3) is 1.78. The zero-order chi connectivity index (χ0) is 11.8. The fraction of sp³-hybridized carbons (Fsp3) is 0.143. The van der Waals surface area contributed by atoms with Crippen LogP contribution in [0.4, 0.5) is 11.4 Å². The second kappa shape index (κ2) is 4.22. The second-order valence-corrected chi connectivity index (χ2v) is 5.17. The van der Waals surface area contributed by atoms with E-state index in [1.54, 1.807) is 0 Å². The van der Waals surface area contributed by atoms with Crippen LogP contribution in [0.25, 0.3) is 0 Å². The van der Waals surface area contributed by atoms with Gasteiger partial charge in [-0.1, -0.05) is 12.1 Å². The Morgan fingerprint density at radius 3 is 2.65 bits per heavy atom. The summed E-state index contributed by atoms with van der Waals surface area (Å²) in [6.07, 6.45) is 0. The van der Waals surface area contributed by atoms with E-state index >= 15 is 0 Å². The highest BCUT2D eigenvalue weighted by Crippen LogP contribution is 2.46. The summed E-state index contributed by atoms with van der Waals surface area (Å²) in [4.78, 5) is 2.28. The van der Waals surface area contributed by atoms with Gasteiger partial charge in [0, 0.05) is 10.1 Å². The standard InChI is InChI=1S/C14H12INO/c1-2-16-11-5-3-4-6-13(11)17-14-9-10(15)7-8-12(14)16/h3-9H,2H2,1H3. The van der Waals surface area contributed by atoms with Crippen molar-refractivity contribution in [2.75, 3.05) is 11.4 Å². The van der Waals surface area contributed by atoms with Crippen molar-refractivity contribution >= 4 is 34.0 Å². The van der Waals surface area contributed by atoms with Gasteiger partial charge in [0.2, 0.25) is 0 Å². The van der Waals surface area contributed by atoms with Crippen molar-refractivity contribution < 1.29 is 4.74 Å². The van der Waals surface area contributed by atoms with Crippen molar-refractivity contribution in [2.24, 2.45) is 0 Å². The van der Waals surface area contributed by atoms with Gasteiger partial charge < -0.3 is 9.64 Å². The first-order chi connectivity index (χ1) is 8.29. The van der Waals surface area contributed by atoms with Crippen molar-refractivity contribution in [1.29, 1.82) is 0 Å². The van der Waals surface area contributed by atoms with Crippen LogP contribution in [0.1, 0.15) is 6.92 Å². The van der Waals surface area contributed by atoms with E-state index in [-0.39, 0.29) is 0 Å². The summed E-state index contributed by atoms with van der Waals surface area (Å²) < 4.78 is 7.14. The first kappa shape index (κ1) is 10.9. The molecule has 86 valence electrons. The van der Waals surface area contributed by atoms with Crippen LogP contribution in [-0.2, 0) is 0 Å². The molecule has 2 aromatic carbocycles. The SMILES string of the molecule is CCN1c2ccccc2Oc2cc(I)ccc21. The molecule has 17 heavy (non-hydrogen) atoms. The molecular weight excluding hydrogens is 325 g/mol. The Balaban J connectivity index is 2.18. The molecule has 0 bridgehead atoms. The molecule has 0 aliphatic carbocycles. The summed E-state index contributed by atoms with van der Waals surface area (Å²) in [5, 5.41) is 0. The molecule has 1 aliphatic heterocycles. The molecule has 0 unspecified atom stereocenters. The summed E-state index contributed by atoms with van der Waals surface area (Å²) >= 11 is 2.31. The van der Waals surface area contributed by atoms with Crippen molar-refractivity contribution in [3.63, 3.8) is 0 Å². The quantitative estimate of drug-likeness (QED) is 0.708. The third-order valence-electron chi connectivity index (χ3n) is 2.90. The smallest absolute Gasteiger partial charge is 0.152 e. The van der Waals surface area contributed by atoms with Crippen molar-refractivity contribution in [3.8, 4) is 11.5 Å². The molecular formula is C14H12INO. The Bertz CT molecular complexity index is 568. The molecule has 1 aliphatic rings. The minimum atomic E-state index is 0.934. The Kier molecular flexibility index (Phi) is 2.70. The maximum atomic E-state index is 5.94. The minimum Gasteiger partial charge on any atom is -0.453 e. The number of fused-ring (bicyclic) bond motifs is 2. The molecule has 0 aromatic heterocycles. The third-order valence-corrected chi connectivity index (χ3v) is 3.58. The largest absolute Gasteiger partial charge is 0.453 e. The number of anilines is 2. The van der Waals surface area contributed by atoms with Gasteiger partial charge in [-0.25, -0.2) is 0 Å². The van der Waals surface area contributed by atoms with Gasteiger partial charge >= 0.3 is 0 Å². The Labute approximate surface area is 114 Å². The number of halogens is 1. The van der Waals surface area contributed by atoms with Gasteiger partial charge in [0.05, 0.1) is 11.4 Å². The van der Waals surface area contributed by atoms with Gasteiger partial charge in [-0.2, -0.15) is 0 Å². The normalized spacial score (nSPS) is 12.7. The molecule has 3 rings (SSSR count). The molecule has 3 heteroatoms. The van der Waals surface area contributed by atoms with E-state index in [1.807, 2.05) is 18.2 Å². The summed E-state index contributed by atoms with van der Waals surface area (Å²) in [5.74, 6) is 1.88. The second-order valence-electron chi connectivity index (χ2n) is 3.93. The summed E-state index contributed by atoms with van der Waals surface area (Å²) in [7, 11) is 0. The molecule has 0 amide bonds. The van der Waals surface area contributed by atoms with E-state index in [0.29, 0.717) is 0 Å². The number of rotatable bonds is 1. The Morgan fingerprint density at radius 2 is 1.82 bits per heavy atom. The first-order valence-corrected chi connectivity index (χ1v) is 6.71. The van der Waals surface area contributed by atoms with Crippen LogP contribution in [-0.4, -0.2) is 6.54 Å². The highest BCUT2D eigenvalue weighted by molar-refractivity contribution is 14.1. The zero-order valence-electron chi connectivity index (χ0n) is 9.48. The summed E-state index contributed by atoms with van der Waals surface area (Å²) in [6.45, 7) is 3.10. The van der Waals surface area contributed by atoms with Crippen LogP contribution in [0.15, 0.2) is 42.5 Å². The number of hydrogen-bond donors (Lipinski definition) is 0. The van der Waals surface area contributed by atoms with Crippen LogP contribution >= 0.6 is 22.6 Å². The molecule has 1 heterocycles. The van der Waals surface area contributed by atoms with E-state index < -0.39 is 0 Å². The van der Waals surface area contributed by atoms with Gasteiger partial charge in [0.1, 0.15) is 0 Å². The summed E-state index contributed by atoms with van der Waals surface area (Å²) in [6, 6.07) is 14.5. The van der Waals surface area contributed by atoms with Gasteiger partial charge in [0.25, 0.3) is 0 Å². The molecule has 0 atom stereocenters. The van der Waals surface area contributed by atoms with Crippen LogP contribution in [0.3, 0.4) is 0 Å². The zero-order valence-corrected chi connectivity index (χ0v) is 11.6. The number of para-hydroxylation sites is 2. The lowest BCUT2D eigenvalue weighted by atomic mass is 10.1. The lowest BCUT2D eigenvalue weighted by molar-refractivity contribution is 0.473. The van der Waals surface area contributed by atoms with Crippen LogP contribution in [0.5, 0.6) is 11.5 Å². The number of hydrogen-bond acceptors (Lipinski definition) is 2. The van der Waals surface area contributed by atoms with Crippen LogP contribution in [0.2, 0.25) is 0 Å². The molecule has 0 saturated carbocycles. The monoisotopic (exact) mass is 337 g/mol. The molecule has 0 spiro atoms. The number of nitrogens with zero attached hydrogens (tertiary/aromatic N) is 1. The predicted octanol–water partition coefficient (Wildman–Crippen LogP) is 4.55. The topological polar surface area (TPSA) is 12.5 Å². The minimum absolute atomic E-state index is 0.934. The maximum absolute atomic E-state index is 5.94. The highest BCUT2D eigenvalue weighted by Gasteiger charge is 2.22. The van der Waals surface area contributed by atoms with Gasteiger partial charge in [-0.3, -0.25) is 0 Å². The fourth-order valence-corrected chi connectivity index (χ4v) is 2.61. The average molecular weight is 337 g/mol. The number of ether oxygens (including phenoxy) is 1. The highest BCUT2D eigenvalue weighted by atomic mass is 127. The van der Waals surface area contributed by atoms with Gasteiger partial charge in [-0.05, 0) is 59.8 Å². The molecule has 2 aromatic rings. The molecule has 0 fully saturated rings. The van der Waals surface area contributed by atoms with E-state index in [2.05, 4.69) is 58.7 Å². The lowest BCUT2D eigenvalue weighted by Crippen LogP contribution is -2.20. The average Bonchev–Trinajstić information content (AvgIpc) is 2.35. The predicted molar refractivity (Wildman–Crippen MR) is 78.4 cm³/mol. The van der Waals surface area contributed by atoms with Crippen molar-refractivity contribution in [2.45, 2.75) is 6.92 Å². The maximum Gasteiger partial charge on any atom is 0.152 e. The van der Waals surface area contributed by atoms with E-state index in [4.69, 9.17) is 4.74 Å². The van der Waals surface area contributed by atoms with E-state index in [0.717, 1.165) is 29.4 Å². The lowest BCUT2D eigenvalue weighted by Gasteiger charge is -2.31. The van der Waals surface area contributed by atoms with E-state index in [1.165, 1.54) is 3.57 Å². The first-order valence-electron chi connectivity index (χ1n) is 5.63. The van der Waals surface area contributed by atoms with E-state index in [9.17, 15) is 0 Å². The van der Waals surface area contributed by atoms with Crippen molar-refractivity contribution in [1.82, 2.24) is 0 Å². The molecule has 0 radical (unpaired) electrons. The van der Waals surface area contributed by atoms with Gasteiger partial charge in [-0.15, -0.1) is 0 Å². The van der Waals surface area contributed by atoms with Crippen LogP contribution in [0, 0.1) is 3.57 Å². The fourth-order valence-electron chi connectivity index (χ4n) is 2.15. The Hall–Kier alpha value is -1.23. The summed E-state index contributed by atoms with van der Waals surface area (Å²) in [5.41, 5.74) is 2.29. The van der Waals surface area contributed by atoms with Crippen LogP contribution < -0.4 is 9.64 Å². The van der Waals surface area contributed by atoms with Crippen molar-refractivity contribution in [3.05, 3.63) is 46.0 Å².